The maximum atomic E-state index is 13.4. The highest BCUT2D eigenvalue weighted by atomic mass is 35.5. The summed E-state index contributed by atoms with van der Waals surface area (Å²) in [4.78, 5) is 75.5. The number of rotatable bonds is 14. The van der Waals surface area contributed by atoms with E-state index >= 15 is 0 Å². The average Bonchev–Trinajstić information content (AvgIpc) is 1.68. The summed E-state index contributed by atoms with van der Waals surface area (Å²) in [6.07, 6.45) is 25.2. The van der Waals surface area contributed by atoms with Gasteiger partial charge in [0, 0.05) is 256 Å². The molecule has 1 N–H and O–H groups in total. The lowest BCUT2D eigenvalue weighted by molar-refractivity contribution is -0.140. The molecule has 30 nitrogen and oxygen atoms in total. The lowest BCUT2D eigenvalue weighted by atomic mass is 9.98. The number of thiophene rings is 3. The fourth-order valence-electron chi connectivity index (χ4n) is 23.0. The number of amides is 2. The second kappa shape index (κ2) is 41.6. The Kier molecular flexibility index (Phi) is 27.2. The minimum atomic E-state index is -0.468. The normalized spacial score (nSPS) is 19.7. The summed E-state index contributed by atoms with van der Waals surface area (Å²) in [5, 5.41) is 25.7. The maximum Gasteiger partial charge on any atom is 0.264 e. The Hall–Kier alpha value is -12.6. The molecule has 0 saturated carbocycles. The molecule has 4 saturated heterocycles. The van der Waals surface area contributed by atoms with Crippen LogP contribution in [0.5, 0.6) is 28.7 Å². The zero-order chi connectivity index (χ0) is 101. The van der Waals surface area contributed by atoms with E-state index in [-0.39, 0.29) is 30.1 Å². The molecule has 24 heterocycles. The van der Waals surface area contributed by atoms with Gasteiger partial charge in [-0.25, -0.2) is 34.4 Å². The predicted molar refractivity (Wildman–Crippen MR) is 574 cm³/mol. The molecule has 6 unspecified atom stereocenters. The quantitative estimate of drug-likeness (QED) is 0.106. The molecule has 11 aliphatic rings. The van der Waals surface area contributed by atoms with E-state index in [4.69, 9.17) is 99.6 Å². The molecule has 29 rings (SSSR count). The van der Waals surface area contributed by atoms with Gasteiger partial charge in [0.15, 0.2) is 65.4 Å². The first-order valence-electron chi connectivity index (χ1n) is 50.7. The second-order valence-corrected chi connectivity index (χ2v) is 44.5. The van der Waals surface area contributed by atoms with Crippen molar-refractivity contribution in [2.45, 2.75) is 159 Å². The van der Waals surface area contributed by atoms with Gasteiger partial charge in [-0.2, -0.15) is 5.10 Å². The molecule has 760 valence electrons. The number of fused-ring (bicyclic) bond motifs is 13. The Bertz CT molecular complexity index is 8150. The lowest BCUT2D eigenvalue weighted by Crippen LogP contribution is -2.54. The number of oxazole rings is 1. The highest BCUT2D eigenvalue weighted by Gasteiger charge is 2.44. The Labute approximate surface area is 893 Å². The van der Waals surface area contributed by atoms with Crippen molar-refractivity contribution in [1.82, 2.24) is 94.5 Å². The molecule has 0 bridgehead atoms. The van der Waals surface area contributed by atoms with Crippen molar-refractivity contribution in [2.24, 2.45) is 0 Å². The number of piperazine rings is 1. The molecule has 2 amide bonds. The zero-order valence-corrected chi connectivity index (χ0v) is 88.0. The Balaban J connectivity index is 0.0000000967. The number of hydrogen-bond donors (Lipinski definition) is 1. The van der Waals surface area contributed by atoms with Gasteiger partial charge < -0.3 is 66.5 Å². The molecule has 0 spiro atoms. The second-order valence-electron chi connectivity index (χ2n) is 39.6. The van der Waals surface area contributed by atoms with Crippen molar-refractivity contribution in [1.29, 1.82) is 0 Å². The number of pyridine rings is 2. The number of carbonyl (C=O) groups is 2. The molecule has 11 aliphatic heterocycles. The van der Waals surface area contributed by atoms with Gasteiger partial charge in [-0.05, 0) is 192 Å². The summed E-state index contributed by atoms with van der Waals surface area (Å²) < 4.78 is 59.7. The van der Waals surface area contributed by atoms with Crippen LogP contribution in [0, 0.1) is 0 Å². The first kappa shape index (κ1) is 97.2. The molecule has 18 aromatic rings. The van der Waals surface area contributed by atoms with Crippen LogP contribution in [0.2, 0.25) is 25.1 Å². The smallest absolute Gasteiger partial charge is 0.264 e. The average molecular weight is 2150 g/mol. The minimum absolute atomic E-state index is 0.107. The van der Waals surface area contributed by atoms with Gasteiger partial charge in [-0.1, -0.05) is 81.7 Å². The molecule has 6 atom stereocenters. The van der Waals surface area contributed by atoms with E-state index in [0.717, 1.165) is 285 Å². The topological polar surface area (TPSA) is 311 Å². The number of piperidine rings is 2. The third-order valence-electron chi connectivity index (χ3n) is 30.1. The van der Waals surface area contributed by atoms with Crippen molar-refractivity contribution >= 4 is 151 Å². The molecule has 13 aromatic heterocycles. The number of furan rings is 1. The van der Waals surface area contributed by atoms with E-state index in [0.29, 0.717) is 87.1 Å². The van der Waals surface area contributed by atoms with Crippen molar-refractivity contribution in [2.75, 3.05) is 86.1 Å². The van der Waals surface area contributed by atoms with Gasteiger partial charge in [-0.15, -0.1) is 34.0 Å². The summed E-state index contributed by atoms with van der Waals surface area (Å²) in [5.74, 6) is 6.55. The van der Waals surface area contributed by atoms with Crippen LogP contribution in [0.25, 0.3) is 103 Å². The van der Waals surface area contributed by atoms with Crippen LogP contribution in [0.3, 0.4) is 0 Å². The van der Waals surface area contributed by atoms with Crippen LogP contribution >= 0.6 is 92.0 Å². The first-order chi connectivity index (χ1) is 72.9. The van der Waals surface area contributed by atoms with Gasteiger partial charge in [0.2, 0.25) is 0 Å². The summed E-state index contributed by atoms with van der Waals surface area (Å²) in [6, 6.07) is 36.1. The number of nitrogens with zero attached hydrogens (tertiary/aromatic N) is 18. The van der Waals surface area contributed by atoms with Crippen LogP contribution in [0.1, 0.15) is 143 Å². The number of aromatic nitrogens is 12. The summed E-state index contributed by atoms with van der Waals surface area (Å²) in [5.41, 5.74) is 24.3. The first-order valence-corrected chi connectivity index (χ1v) is 55.2. The molecule has 149 heavy (non-hydrogen) atoms. The van der Waals surface area contributed by atoms with Gasteiger partial charge in [0.1, 0.15) is 58.3 Å². The Morgan fingerprint density at radius 3 is 1.63 bits per heavy atom. The summed E-state index contributed by atoms with van der Waals surface area (Å²) in [6.45, 7) is 15.2. The van der Waals surface area contributed by atoms with E-state index in [1.807, 2.05) is 162 Å². The van der Waals surface area contributed by atoms with Crippen LogP contribution < -0.4 is 29.0 Å². The molecule has 4 fully saturated rings. The molecule has 5 aromatic carbocycles. The van der Waals surface area contributed by atoms with E-state index in [9.17, 15) is 9.59 Å². The zero-order valence-electron chi connectivity index (χ0n) is 81.7. The fraction of sp³-hybridized carbons (Fsp3) is 0.342. The minimum Gasteiger partial charge on any atom is -0.481 e. The lowest BCUT2D eigenvalue weighted by Gasteiger charge is -2.40. The number of nitrogens with one attached hydrogen (secondary N) is 1. The molecular formula is C111H102Cl5N19O11S3. The van der Waals surface area contributed by atoms with Crippen LogP contribution in [-0.2, 0) is 74.2 Å². The highest BCUT2D eigenvalue weighted by molar-refractivity contribution is 7.18. The van der Waals surface area contributed by atoms with Crippen LogP contribution in [0.4, 0.5) is 0 Å². The predicted octanol–water partition coefficient (Wildman–Crippen LogP) is 22.3. The van der Waals surface area contributed by atoms with E-state index < -0.39 is 12.2 Å². The fourth-order valence-corrected chi connectivity index (χ4v) is 26.8. The molecular weight excluding hydrogens is 2050 g/mol. The van der Waals surface area contributed by atoms with E-state index in [1.165, 1.54) is 64.5 Å². The molecule has 0 aliphatic carbocycles. The number of halogens is 5. The van der Waals surface area contributed by atoms with Crippen molar-refractivity contribution in [3.63, 3.8) is 0 Å². The number of hydrogen-bond acceptors (Lipinski definition) is 30. The number of carbonyl (C=O) groups excluding carboxylic acids is 2. The van der Waals surface area contributed by atoms with Gasteiger partial charge in [0.05, 0.1) is 65.9 Å². The van der Waals surface area contributed by atoms with Gasteiger partial charge >= 0.3 is 0 Å². The maximum absolute atomic E-state index is 13.4. The Morgan fingerprint density at radius 1 is 0.456 bits per heavy atom. The third kappa shape index (κ3) is 19.2. The van der Waals surface area contributed by atoms with Gasteiger partial charge in [0.25, 0.3) is 11.8 Å². The van der Waals surface area contributed by atoms with Crippen molar-refractivity contribution in [3.05, 3.63) is 274 Å². The van der Waals surface area contributed by atoms with Crippen LogP contribution in [0.15, 0.2) is 193 Å². The van der Waals surface area contributed by atoms with E-state index in [2.05, 4.69) is 87.1 Å². The largest absolute Gasteiger partial charge is 0.481 e. The van der Waals surface area contributed by atoms with Crippen molar-refractivity contribution in [3.8, 4) is 84.8 Å². The standard InChI is InChI=1S/C26H28ClN3O2S.C23H22ClN3O2S.C22H19ClN4O3.C20H16ClN5O2.C20H17ClN4O2S/c27-18-14-17-15-23(26(31)30-11-5-19(6-12-30)29-9-2-1-3-10-29)32-24(17)21(16-18)20-4-8-28-22-7-13-33-25(20)22;24-15-10-14-11-20(23(28)27-8-7-26-6-1-2-16(26)13-27)29-21(14)18(12-15)17-3-5-25-19-4-9-30-22(17)19;1-2-27-5-3-16-15(10-27)21(30-26-16)18-8-12-7-13(23)9-14(20(12)29-18)19-22-17(4-6-28-22)24-11-25-19;21-12-7-11-8-17(20-14-10-22-4-1-15(14)25-28-20)27-19(11)13(9-12)16-2-5-23-18-3-6-24-26(16)18;1-25(2)8-15-19(26-10-24-15)16-6-11-5-12(21)7-13(18(11)27-16)17-20-14(3-4-28-20)22-9-23-17/h4,7-8,13-14,16,19,23H,1-3,5-6,9-12,15H2;3-5,9-10,12,16,20H,1-2,6-8,11,13H2;4,6-7,9,11,18H,2-3,5,8,10H2,1H3;2-3,5-7,9,17,22H,1,4,8,10H2;3-5,7,9-10,16H,6,8H2,1-2H3. The monoisotopic (exact) mass is 2150 g/mol. The summed E-state index contributed by atoms with van der Waals surface area (Å²) in [7, 11) is 4.00. The number of likely N-dealkylation sites (N-methyl/N-ethyl adjacent to an activating group) is 1. The number of ether oxygens (including phenoxy) is 5. The number of likely N-dealkylation sites (tertiary alicyclic amines) is 2. The van der Waals surface area contributed by atoms with Crippen LogP contribution in [-0.4, -0.2) is 211 Å². The summed E-state index contributed by atoms with van der Waals surface area (Å²) >= 11 is 37.2. The SMILES string of the molecule is CCN1CCc2noc(C3Cc4cc(Cl)cc(-c5ncnc6ccoc56)c4O3)c2C1.CN(C)Cc1ncoc1C1Cc2cc(Cl)cc(-c3ncnc4ccsc34)c2O1.Clc1cc2c(c(-c3ccnc4ccnn34)c1)OC(c1onc3c1CNCC3)C2.O=C(C1Cc2cc(Cl)cc(-c3ccnc4ccsc34)c2O1)N1CCC(N2CCCCC2)CC1.O=C(C1Cc2cc(Cl)cc(-c3ccnc4ccsc34)c2O1)N1CCN2CCCC2C1. The molecule has 0 radical (unpaired) electrons. The third-order valence-corrected chi connectivity index (χ3v) is 34.0. The molecule has 38 heteroatoms. The highest BCUT2D eigenvalue weighted by Crippen LogP contribution is 2.54. The number of benzene rings is 5. The Morgan fingerprint density at radius 2 is 0.993 bits per heavy atom. The van der Waals surface area contributed by atoms with Gasteiger partial charge in [-0.3, -0.25) is 29.4 Å². The van der Waals surface area contributed by atoms with Crippen molar-refractivity contribution < 1.29 is 51.2 Å². The van der Waals surface area contributed by atoms with E-state index in [1.54, 1.807) is 63.5 Å².